The fourth-order valence-electron chi connectivity index (χ4n) is 2.18. The number of nitrogens with zero attached hydrogens (tertiary/aromatic N) is 2. The summed E-state index contributed by atoms with van der Waals surface area (Å²) in [6.45, 7) is 5.72. The SMILES string of the molecule is CCOC(=O)C(O)c1cccc(-n2ccn(C(C)C)c2=O)c1. The van der Waals surface area contributed by atoms with Crippen LogP contribution in [0.3, 0.4) is 0 Å². The number of aliphatic hydroxyl groups excluding tert-OH is 1. The van der Waals surface area contributed by atoms with Gasteiger partial charge in [-0.25, -0.2) is 9.59 Å². The Bertz CT molecular complexity index is 715. The predicted octanol–water partition coefficient (Wildman–Crippen LogP) is 1.82. The second-order valence-corrected chi connectivity index (χ2v) is 5.20. The molecule has 0 saturated heterocycles. The van der Waals surface area contributed by atoms with Gasteiger partial charge < -0.3 is 9.84 Å². The van der Waals surface area contributed by atoms with Crippen LogP contribution in [0.1, 0.15) is 38.5 Å². The summed E-state index contributed by atoms with van der Waals surface area (Å²) in [5.74, 6) is -0.702. The standard InChI is InChI=1S/C16H20N2O4/c1-4-22-15(20)14(19)12-6-5-7-13(10-12)18-9-8-17(11(2)3)16(18)21/h5-11,14,19H,4H2,1-3H3. The van der Waals surface area contributed by atoms with Crippen molar-refractivity contribution in [1.29, 1.82) is 0 Å². The van der Waals surface area contributed by atoms with Gasteiger partial charge in [0.25, 0.3) is 0 Å². The average molecular weight is 304 g/mol. The summed E-state index contributed by atoms with van der Waals surface area (Å²) in [6, 6.07) is 6.71. The summed E-state index contributed by atoms with van der Waals surface area (Å²) in [6.07, 6.45) is 2.02. The van der Waals surface area contributed by atoms with Crippen molar-refractivity contribution < 1.29 is 14.6 Å². The topological polar surface area (TPSA) is 73.5 Å². The summed E-state index contributed by atoms with van der Waals surface area (Å²) < 4.78 is 7.88. The molecule has 1 aromatic carbocycles. The highest BCUT2D eigenvalue weighted by atomic mass is 16.5. The number of benzene rings is 1. The number of hydrogen-bond acceptors (Lipinski definition) is 4. The van der Waals surface area contributed by atoms with Crippen LogP contribution in [0.2, 0.25) is 0 Å². The minimum Gasteiger partial charge on any atom is -0.464 e. The van der Waals surface area contributed by atoms with Crippen LogP contribution in [0.15, 0.2) is 41.5 Å². The molecule has 0 spiro atoms. The molecular weight excluding hydrogens is 284 g/mol. The number of hydrogen-bond donors (Lipinski definition) is 1. The number of aromatic nitrogens is 2. The van der Waals surface area contributed by atoms with Crippen LogP contribution >= 0.6 is 0 Å². The zero-order valence-corrected chi connectivity index (χ0v) is 12.9. The van der Waals surface area contributed by atoms with Gasteiger partial charge in [0, 0.05) is 18.4 Å². The van der Waals surface area contributed by atoms with Gasteiger partial charge in [-0.2, -0.15) is 0 Å². The highest BCUT2D eigenvalue weighted by Crippen LogP contribution is 2.18. The van der Waals surface area contributed by atoms with Gasteiger partial charge >= 0.3 is 11.7 Å². The van der Waals surface area contributed by atoms with E-state index in [9.17, 15) is 14.7 Å². The molecule has 0 aliphatic rings. The Hall–Kier alpha value is -2.34. The van der Waals surface area contributed by atoms with Gasteiger partial charge in [-0.15, -0.1) is 0 Å². The smallest absolute Gasteiger partial charge is 0.339 e. The Morgan fingerprint density at radius 3 is 2.64 bits per heavy atom. The van der Waals surface area contributed by atoms with Crippen LogP contribution < -0.4 is 5.69 Å². The molecule has 118 valence electrons. The van der Waals surface area contributed by atoms with Crippen LogP contribution in [0.4, 0.5) is 0 Å². The molecule has 0 radical (unpaired) electrons. The van der Waals surface area contributed by atoms with Gasteiger partial charge in [-0.1, -0.05) is 12.1 Å². The van der Waals surface area contributed by atoms with E-state index in [0.717, 1.165) is 0 Å². The minimum absolute atomic E-state index is 0.0575. The monoisotopic (exact) mass is 304 g/mol. The summed E-state index contributed by atoms with van der Waals surface area (Å²) in [4.78, 5) is 23.9. The lowest BCUT2D eigenvalue weighted by atomic mass is 10.1. The molecule has 1 atom stereocenters. The van der Waals surface area contributed by atoms with Gasteiger partial charge in [-0.3, -0.25) is 9.13 Å². The molecule has 2 aromatic rings. The first-order valence-electron chi connectivity index (χ1n) is 7.20. The third kappa shape index (κ3) is 3.12. The van der Waals surface area contributed by atoms with E-state index in [1.165, 1.54) is 4.57 Å². The van der Waals surface area contributed by atoms with Crippen molar-refractivity contribution in [3.8, 4) is 5.69 Å². The van der Waals surface area contributed by atoms with E-state index in [1.807, 2.05) is 13.8 Å². The van der Waals surface area contributed by atoms with Crippen LogP contribution in [0.25, 0.3) is 5.69 Å². The third-order valence-corrected chi connectivity index (χ3v) is 3.33. The van der Waals surface area contributed by atoms with Gasteiger partial charge in [0.2, 0.25) is 0 Å². The fourth-order valence-corrected chi connectivity index (χ4v) is 2.18. The Morgan fingerprint density at radius 1 is 1.32 bits per heavy atom. The summed E-state index contributed by atoms with van der Waals surface area (Å²) in [7, 11) is 0. The molecule has 22 heavy (non-hydrogen) atoms. The van der Waals surface area contributed by atoms with Gasteiger partial charge in [0.15, 0.2) is 6.10 Å². The largest absolute Gasteiger partial charge is 0.464 e. The molecule has 1 N–H and O–H groups in total. The Kier molecular flexibility index (Phi) is 4.82. The van der Waals surface area contributed by atoms with Crippen molar-refractivity contribution in [3.05, 3.63) is 52.7 Å². The zero-order chi connectivity index (χ0) is 16.3. The first-order chi connectivity index (χ1) is 10.5. The minimum atomic E-state index is -1.36. The van der Waals surface area contributed by atoms with Crippen molar-refractivity contribution >= 4 is 5.97 Å². The maximum atomic E-state index is 12.3. The molecule has 2 rings (SSSR count). The molecule has 0 fully saturated rings. The van der Waals surface area contributed by atoms with Crippen molar-refractivity contribution in [2.75, 3.05) is 6.61 Å². The first-order valence-corrected chi connectivity index (χ1v) is 7.20. The van der Waals surface area contributed by atoms with E-state index in [1.54, 1.807) is 48.1 Å². The van der Waals surface area contributed by atoms with E-state index in [4.69, 9.17) is 4.74 Å². The molecule has 1 heterocycles. The molecule has 6 heteroatoms. The number of rotatable bonds is 5. The first kappa shape index (κ1) is 16.0. The van der Waals surface area contributed by atoms with Gasteiger partial charge in [0.05, 0.1) is 12.3 Å². The number of imidazole rings is 1. The maximum Gasteiger partial charge on any atom is 0.339 e. The lowest BCUT2D eigenvalue weighted by molar-refractivity contribution is -0.153. The number of ether oxygens (including phenoxy) is 1. The van der Waals surface area contributed by atoms with Crippen LogP contribution in [0.5, 0.6) is 0 Å². The third-order valence-electron chi connectivity index (χ3n) is 3.33. The highest BCUT2D eigenvalue weighted by molar-refractivity contribution is 5.76. The van der Waals surface area contributed by atoms with E-state index in [2.05, 4.69) is 0 Å². The van der Waals surface area contributed by atoms with Gasteiger partial charge in [0.1, 0.15) is 0 Å². The second-order valence-electron chi connectivity index (χ2n) is 5.20. The molecule has 0 bridgehead atoms. The summed E-state index contributed by atoms with van der Waals surface area (Å²) >= 11 is 0. The lowest BCUT2D eigenvalue weighted by Crippen LogP contribution is -2.24. The lowest BCUT2D eigenvalue weighted by Gasteiger charge is -2.11. The van der Waals surface area contributed by atoms with Gasteiger partial charge in [-0.05, 0) is 38.5 Å². The molecule has 1 aromatic heterocycles. The molecular formula is C16H20N2O4. The molecule has 0 aliphatic heterocycles. The fraction of sp³-hybridized carbons (Fsp3) is 0.375. The number of carbonyl (C=O) groups excluding carboxylic acids is 1. The number of esters is 1. The Balaban J connectivity index is 2.37. The Labute approximate surface area is 128 Å². The molecule has 0 saturated carbocycles. The Morgan fingerprint density at radius 2 is 2.05 bits per heavy atom. The predicted molar refractivity (Wildman–Crippen MR) is 82.0 cm³/mol. The molecule has 0 aliphatic carbocycles. The highest BCUT2D eigenvalue weighted by Gasteiger charge is 2.19. The van der Waals surface area contributed by atoms with Crippen LogP contribution in [0, 0.1) is 0 Å². The molecule has 0 amide bonds. The summed E-state index contributed by atoms with van der Waals surface area (Å²) in [5, 5.41) is 9.99. The summed E-state index contributed by atoms with van der Waals surface area (Å²) in [5.41, 5.74) is 0.808. The second kappa shape index (κ2) is 6.62. The van der Waals surface area contributed by atoms with E-state index in [0.29, 0.717) is 11.3 Å². The van der Waals surface area contributed by atoms with E-state index >= 15 is 0 Å². The normalized spacial score (nSPS) is 12.4. The average Bonchev–Trinajstić information content (AvgIpc) is 2.88. The molecule has 1 unspecified atom stereocenters. The quantitative estimate of drug-likeness (QED) is 0.855. The van der Waals surface area contributed by atoms with E-state index < -0.39 is 12.1 Å². The number of aliphatic hydroxyl groups is 1. The van der Waals surface area contributed by atoms with Crippen molar-refractivity contribution in [2.45, 2.75) is 32.9 Å². The van der Waals surface area contributed by atoms with Crippen molar-refractivity contribution in [2.24, 2.45) is 0 Å². The van der Waals surface area contributed by atoms with Crippen LogP contribution in [-0.2, 0) is 9.53 Å². The number of carbonyl (C=O) groups is 1. The van der Waals surface area contributed by atoms with Crippen molar-refractivity contribution in [1.82, 2.24) is 9.13 Å². The zero-order valence-electron chi connectivity index (χ0n) is 12.9. The van der Waals surface area contributed by atoms with E-state index in [-0.39, 0.29) is 18.3 Å². The van der Waals surface area contributed by atoms with Crippen molar-refractivity contribution in [3.63, 3.8) is 0 Å². The maximum absolute atomic E-state index is 12.3. The van der Waals surface area contributed by atoms with Crippen LogP contribution in [-0.4, -0.2) is 26.8 Å². The molecule has 6 nitrogen and oxygen atoms in total.